The molecule has 1 rings (SSSR count). The van der Waals surface area contributed by atoms with Crippen molar-refractivity contribution in [2.24, 2.45) is 0 Å². The SMILES string of the molecule is CC(C)OCCCCCCCCCN1CCCCC1O. The predicted octanol–water partition coefficient (Wildman–Crippen LogP) is 3.95. The van der Waals surface area contributed by atoms with Gasteiger partial charge in [-0.15, -0.1) is 0 Å². The van der Waals surface area contributed by atoms with E-state index in [2.05, 4.69) is 18.7 Å². The predicted molar refractivity (Wildman–Crippen MR) is 84.8 cm³/mol. The summed E-state index contributed by atoms with van der Waals surface area (Å²) in [6.07, 6.45) is 12.7. The average Bonchev–Trinajstić information content (AvgIpc) is 2.42. The Balaban J connectivity index is 1.80. The van der Waals surface area contributed by atoms with Crippen molar-refractivity contribution in [3.05, 3.63) is 0 Å². The van der Waals surface area contributed by atoms with Crippen LogP contribution in [0.25, 0.3) is 0 Å². The number of aliphatic hydroxyl groups is 1. The van der Waals surface area contributed by atoms with E-state index < -0.39 is 0 Å². The molecule has 1 aliphatic heterocycles. The molecule has 1 aliphatic rings. The van der Waals surface area contributed by atoms with Gasteiger partial charge in [-0.2, -0.15) is 0 Å². The lowest BCUT2D eigenvalue weighted by Gasteiger charge is -2.31. The van der Waals surface area contributed by atoms with Crippen LogP contribution in [0.2, 0.25) is 0 Å². The molecule has 0 aromatic carbocycles. The van der Waals surface area contributed by atoms with Gasteiger partial charge in [0.2, 0.25) is 0 Å². The topological polar surface area (TPSA) is 32.7 Å². The third-order valence-corrected chi connectivity index (χ3v) is 4.12. The molecule has 0 radical (unpaired) electrons. The normalized spacial score (nSPS) is 20.7. The summed E-state index contributed by atoms with van der Waals surface area (Å²) in [7, 11) is 0. The lowest BCUT2D eigenvalue weighted by Crippen LogP contribution is -2.39. The molecule has 0 saturated carbocycles. The van der Waals surface area contributed by atoms with Crippen molar-refractivity contribution in [3.63, 3.8) is 0 Å². The minimum atomic E-state index is -0.162. The van der Waals surface area contributed by atoms with E-state index >= 15 is 0 Å². The van der Waals surface area contributed by atoms with E-state index in [1.54, 1.807) is 0 Å². The zero-order valence-electron chi connectivity index (χ0n) is 13.6. The Labute approximate surface area is 125 Å². The maximum atomic E-state index is 9.85. The molecule has 0 amide bonds. The van der Waals surface area contributed by atoms with E-state index in [0.29, 0.717) is 6.10 Å². The van der Waals surface area contributed by atoms with Crippen LogP contribution in [0, 0.1) is 0 Å². The Morgan fingerprint density at radius 3 is 2.30 bits per heavy atom. The number of likely N-dealkylation sites (tertiary alicyclic amines) is 1. The van der Waals surface area contributed by atoms with Gasteiger partial charge in [-0.05, 0) is 46.0 Å². The van der Waals surface area contributed by atoms with Crippen molar-refractivity contribution < 1.29 is 9.84 Å². The molecule has 20 heavy (non-hydrogen) atoms. The standard InChI is InChI=1S/C17H35NO2/c1-16(2)20-15-11-7-5-3-4-6-9-13-18-14-10-8-12-17(18)19/h16-17,19H,3-15H2,1-2H3. The van der Waals surface area contributed by atoms with Crippen molar-refractivity contribution in [3.8, 4) is 0 Å². The summed E-state index contributed by atoms with van der Waals surface area (Å²) < 4.78 is 5.53. The molecule has 0 aliphatic carbocycles. The largest absolute Gasteiger partial charge is 0.379 e. The number of hydrogen-bond acceptors (Lipinski definition) is 3. The molecule has 0 aromatic heterocycles. The molecule has 1 atom stereocenters. The van der Waals surface area contributed by atoms with Crippen molar-refractivity contribution in [2.45, 2.75) is 90.4 Å². The van der Waals surface area contributed by atoms with Gasteiger partial charge in [-0.3, -0.25) is 4.90 Å². The summed E-state index contributed by atoms with van der Waals surface area (Å²) in [5.74, 6) is 0. The van der Waals surface area contributed by atoms with Gasteiger partial charge in [-0.25, -0.2) is 0 Å². The summed E-state index contributed by atoms with van der Waals surface area (Å²) in [6, 6.07) is 0. The first-order valence-corrected chi connectivity index (χ1v) is 8.74. The third kappa shape index (κ3) is 8.93. The van der Waals surface area contributed by atoms with Gasteiger partial charge >= 0.3 is 0 Å². The molecule has 1 saturated heterocycles. The van der Waals surface area contributed by atoms with Crippen LogP contribution in [0.1, 0.15) is 78.1 Å². The number of rotatable bonds is 11. The molecule has 1 unspecified atom stereocenters. The van der Waals surface area contributed by atoms with Crippen LogP contribution in [0.3, 0.4) is 0 Å². The highest BCUT2D eigenvalue weighted by atomic mass is 16.5. The van der Waals surface area contributed by atoms with Gasteiger partial charge in [0.05, 0.1) is 6.10 Å². The van der Waals surface area contributed by atoms with E-state index in [4.69, 9.17) is 4.74 Å². The van der Waals surface area contributed by atoms with Crippen molar-refractivity contribution >= 4 is 0 Å². The van der Waals surface area contributed by atoms with E-state index in [0.717, 1.165) is 26.1 Å². The minimum Gasteiger partial charge on any atom is -0.379 e. The number of hydrogen-bond donors (Lipinski definition) is 1. The molecular formula is C17H35NO2. The summed E-state index contributed by atoms with van der Waals surface area (Å²) in [6.45, 7) is 7.30. The van der Waals surface area contributed by atoms with Gasteiger partial charge in [-0.1, -0.05) is 32.1 Å². The van der Waals surface area contributed by atoms with Crippen molar-refractivity contribution in [1.29, 1.82) is 0 Å². The fraction of sp³-hybridized carbons (Fsp3) is 1.00. The maximum absolute atomic E-state index is 9.85. The summed E-state index contributed by atoms with van der Waals surface area (Å²) >= 11 is 0. The van der Waals surface area contributed by atoms with Crippen LogP contribution in [-0.4, -0.2) is 42.0 Å². The van der Waals surface area contributed by atoms with Crippen molar-refractivity contribution in [2.75, 3.05) is 19.7 Å². The monoisotopic (exact) mass is 285 g/mol. The highest BCUT2D eigenvalue weighted by molar-refractivity contribution is 4.68. The molecule has 1 fully saturated rings. The van der Waals surface area contributed by atoms with Gasteiger partial charge in [0.15, 0.2) is 0 Å². The molecule has 1 N–H and O–H groups in total. The third-order valence-electron chi connectivity index (χ3n) is 4.12. The maximum Gasteiger partial charge on any atom is 0.107 e. The second-order valence-corrected chi connectivity index (χ2v) is 6.41. The molecular weight excluding hydrogens is 250 g/mol. The summed E-state index contributed by atoms with van der Waals surface area (Å²) in [5, 5.41) is 9.85. The molecule has 0 bridgehead atoms. The molecule has 3 nitrogen and oxygen atoms in total. The summed E-state index contributed by atoms with van der Waals surface area (Å²) in [5.41, 5.74) is 0. The highest BCUT2D eigenvalue weighted by Crippen LogP contribution is 2.16. The first kappa shape index (κ1) is 17.9. The molecule has 0 aromatic rings. The zero-order chi connectivity index (χ0) is 14.6. The lowest BCUT2D eigenvalue weighted by molar-refractivity contribution is -0.0243. The quantitative estimate of drug-likeness (QED) is 0.584. The van der Waals surface area contributed by atoms with Crippen LogP contribution in [-0.2, 0) is 4.74 Å². The van der Waals surface area contributed by atoms with Crippen LogP contribution in [0.5, 0.6) is 0 Å². The second-order valence-electron chi connectivity index (χ2n) is 6.41. The average molecular weight is 285 g/mol. The highest BCUT2D eigenvalue weighted by Gasteiger charge is 2.18. The summed E-state index contributed by atoms with van der Waals surface area (Å²) in [4.78, 5) is 2.26. The number of aliphatic hydroxyl groups excluding tert-OH is 1. The first-order chi connectivity index (χ1) is 9.70. The van der Waals surface area contributed by atoms with E-state index in [1.807, 2.05) is 0 Å². The van der Waals surface area contributed by atoms with E-state index in [1.165, 1.54) is 57.8 Å². The Morgan fingerprint density at radius 1 is 1.00 bits per heavy atom. The molecule has 1 heterocycles. The fourth-order valence-electron chi connectivity index (χ4n) is 2.85. The van der Waals surface area contributed by atoms with Crippen LogP contribution < -0.4 is 0 Å². The number of piperidine rings is 1. The smallest absolute Gasteiger partial charge is 0.107 e. The molecule has 0 spiro atoms. The molecule has 120 valence electrons. The van der Waals surface area contributed by atoms with Gasteiger partial charge in [0.1, 0.15) is 6.23 Å². The number of unbranched alkanes of at least 4 members (excludes halogenated alkanes) is 6. The minimum absolute atomic E-state index is 0.162. The number of nitrogens with zero attached hydrogens (tertiary/aromatic N) is 1. The zero-order valence-corrected chi connectivity index (χ0v) is 13.6. The van der Waals surface area contributed by atoms with Crippen LogP contribution in [0.4, 0.5) is 0 Å². The van der Waals surface area contributed by atoms with E-state index in [-0.39, 0.29) is 6.23 Å². The van der Waals surface area contributed by atoms with Crippen LogP contribution >= 0.6 is 0 Å². The van der Waals surface area contributed by atoms with Gasteiger partial charge in [0.25, 0.3) is 0 Å². The van der Waals surface area contributed by atoms with Crippen molar-refractivity contribution in [1.82, 2.24) is 4.90 Å². The Bertz CT molecular complexity index is 221. The Kier molecular flexibility index (Phi) is 10.3. The lowest BCUT2D eigenvalue weighted by atomic mass is 10.1. The Hall–Kier alpha value is -0.120. The second kappa shape index (κ2) is 11.5. The number of ether oxygens (including phenoxy) is 1. The fourth-order valence-corrected chi connectivity index (χ4v) is 2.85. The Morgan fingerprint density at radius 2 is 1.65 bits per heavy atom. The first-order valence-electron chi connectivity index (χ1n) is 8.74. The van der Waals surface area contributed by atoms with Gasteiger partial charge < -0.3 is 9.84 Å². The molecule has 3 heteroatoms. The van der Waals surface area contributed by atoms with E-state index in [9.17, 15) is 5.11 Å². The van der Waals surface area contributed by atoms with Gasteiger partial charge in [0, 0.05) is 19.7 Å². The van der Waals surface area contributed by atoms with Crippen LogP contribution in [0.15, 0.2) is 0 Å².